The quantitative estimate of drug-likeness (QED) is 0.752. The monoisotopic (exact) mass is 374 g/mol. The highest BCUT2D eigenvalue weighted by atomic mass is 16.2. The molecule has 0 aromatic carbocycles. The highest BCUT2D eigenvalue weighted by molar-refractivity contribution is 5.78. The number of aromatic nitrogens is 3. The van der Waals surface area contributed by atoms with E-state index in [0.717, 1.165) is 76.6 Å². The number of piperidine rings is 1. The Hall–Kier alpha value is -2.12. The van der Waals surface area contributed by atoms with Crippen LogP contribution >= 0.6 is 0 Å². The fourth-order valence-electron chi connectivity index (χ4n) is 4.62. The third-order valence-electron chi connectivity index (χ3n) is 5.99. The van der Waals surface area contributed by atoms with E-state index in [1.54, 1.807) is 0 Å². The van der Waals surface area contributed by atoms with E-state index in [9.17, 15) is 9.59 Å². The zero-order valence-electron chi connectivity index (χ0n) is 16.3. The van der Waals surface area contributed by atoms with Crippen molar-refractivity contribution >= 4 is 17.8 Å². The van der Waals surface area contributed by atoms with Crippen LogP contribution in [0.15, 0.2) is 0 Å². The van der Waals surface area contributed by atoms with Gasteiger partial charge in [0.25, 0.3) is 0 Å². The largest absolute Gasteiger partial charge is 0.339 e. The molecule has 0 saturated carbocycles. The Bertz CT molecular complexity index is 702. The lowest BCUT2D eigenvalue weighted by Crippen LogP contribution is -2.49. The first kappa shape index (κ1) is 18.3. The average molecular weight is 374 g/mol. The summed E-state index contributed by atoms with van der Waals surface area (Å²) >= 11 is 0. The number of nitrogens with zero attached hydrogens (tertiary/aromatic N) is 6. The Morgan fingerprint density at radius 3 is 2.52 bits per heavy atom. The summed E-state index contributed by atoms with van der Waals surface area (Å²) in [5, 5.41) is 8.95. The first-order valence-electron chi connectivity index (χ1n) is 10.4. The summed E-state index contributed by atoms with van der Waals surface area (Å²) < 4.78 is 2.18. The molecule has 1 aromatic rings. The number of hydrogen-bond acceptors (Lipinski definition) is 5. The van der Waals surface area contributed by atoms with Gasteiger partial charge in [-0.15, -0.1) is 10.2 Å². The summed E-state index contributed by atoms with van der Waals surface area (Å²) in [5.41, 5.74) is 0. The summed E-state index contributed by atoms with van der Waals surface area (Å²) in [6, 6.07) is 0.282. The molecule has 4 heterocycles. The number of rotatable bonds is 6. The predicted octanol–water partition coefficient (Wildman–Crippen LogP) is 1.40. The molecule has 3 aliphatic rings. The summed E-state index contributed by atoms with van der Waals surface area (Å²) in [7, 11) is 0. The number of amides is 2. The lowest BCUT2D eigenvalue weighted by Gasteiger charge is -2.38. The van der Waals surface area contributed by atoms with Gasteiger partial charge >= 0.3 is 0 Å². The zero-order valence-corrected chi connectivity index (χ0v) is 16.3. The third kappa shape index (κ3) is 3.66. The zero-order chi connectivity index (χ0) is 18.8. The highest BCUT2D eigenvalue weighted by Gasteiger charge is 2.33. The molecular formula is C19H30N6O2. The minimum atomic E-state index is 0.216. The molecule has 4 rings (SSSR count). The van der Waals surface area contributed by atoms with Crippen LogP contribution in [0.5, 0.6) is 0 Å². The van der Waals surface area contributed by atoms with Gasteiger partial charge in [0.05, 0.1) is 6.54 Å². The number of carbonyl (C=O) groups is 2. The van der Waals surface area contributed by atoms with Gasteiger partial charge in [-0.05, 0) is 32.1 Å². The molecule has 1 atom stereocenters. The standard InChI is InChI=1S/C19H30N6O2/c1-2-9-25-16(14-22-10-4-7-17(22)26)20-21-19(25)23-11-3-6-15(13-23)24-12-5-8-18(24)27/h15H,2-14H2,1H3. The maximum atomic E-state index is 12.2. The van der Waals surface area contributed by atoms with E-state index in [1.807, 2.05) is 4.90 Å². The molecule has 0 N–H and O–H groups in total. The molecule has 2 amide bonds. The Kier molecular flexibility index (Phi) is 5.31. The van der Waals surface area contributed by atoms with E-state index >= 15 is 0 Å². The molecule has 3 aliphatic heterocycles. The van der Waals surface area contributed by atoms with Crippen LogP contribution in [0, 0.1) is 0 Å². The smallest absolute Gasteiger partial charge is 0.227 e. The number of hydrogen-bond donors (Lipinski definition) is 0. The van der Waals surface area contributed by atoms with E-state index in [2.05, 4.69) is 31.5 Å². The van der Waals surface area contributed by atoms with Crippen LogP contribution in [-0.2, 0) is 22.7 Å². The second-order valence-electron chi connectivity index (χ2n) is 7.92. The maximum absolute atomic E-state index is 12.2. The van der Waals surface area contributed by atoms with Crippen molar-refractivity contribution in [1.82, 2.24) is 24.6 Å². The van der Waals surface area contributed by atoms with E-state index < -0.39 is 0 Å². The van der Waals surface area contributed by atoms with Crippen molar-refractivity contribution in [3.05, 3.63) is 5.82 Å². The second kappa shape index (κ2) is 7.86. The van der Waals surface area contributed by atoms with Gasteiger partial charge < -0.3 is 14.7 Å². The van der Waals surface area contributed by atoms with Crippen molar-refractivity contribution in [3.8, 4) is 0 Å². The molecule has 8 nitrogen and oxygen atoms in total. The fraction of sp³-hybridized carbons (Fsp3) is 0.789. The molecule has 148 valence electrons. The molecule has 27 heavy (non-hydrogen) atoms. The first-order chi connectivity index (χ1) is 13.2. The Morgan fingerprint density at radius 2 is 1.81 bits per heavy atom. The molecule has 8 heteroatoms. The minimum Gasteiger partial charge on any atom is -0.339 e. The maximum Gasteiger partial charge on any atom is 0.227 e. The summed E-state index contributed by atoms with van der Waals surface area (Å²) in [6.07, 6.45) is 6.38. The van der Waals surface area contributed by atoms with Crippen LogP contribution in [0.25, 0.3) is 0 Å². The van der Waals surface area contributed by atoms with Crippen molar-refractivity contribution in [2.75, 3.05) is 31.1 Å². The van der Waals surface area contributed by atoms with Gasteiger partial charge in [0.15, 0.2) is 5.82 Å². The van der Waals surface area contributed by atoms with Crippen molar-refractivity contribution in [2.24, 2.45) is 0 Å². The van der Waals surface area contributed by atoms with E-state index in [1.165, 1.54) is 0 Å². The number of anilines is 1. The van der Waals surface area contributed by atoms with Gasteiger partial charge in [-0.2, -0.15) is 0 Å². The van der Waals surface area contributed by atoms with Crippen molar-refractivity contribution in [1.29, 1.82) is 0 Å². The Balaban J connectivity index is 1.51. The van der Waals surface area contributed by atoms with Gasteiger partial charge in [-0.25, -0.2) is 0 Å². The fourth-order valence-corrected chi connectivity index (χ4v) is 4.62. The normalized spacial score (nSPS) is 23.7. The molecule has 0 spiro atoms. The SMILES string of the molecule is CCCn1c(CN2CCCC2=O)nnc1N1CCCC(N2CCCC2=O)C1. The van der Waals surface area contributed by atoms with Gasteiger partial charge in [0, 0.05) is 51.6 Å². The molecule has 0 aliphatic carbocycles. The molecule has 3 saturated heterocycles. The molecule has 1 aromatic heterocycles. The van der Waals surface area contributed by atoms with Gasteiger partial charge in [-0.3, -0.25) is 14.2 Å². The average Bonchev–Trinajstić information content (AvgIpc) is 3.38. The number of likely N-dealkylation sites (tertiary alicyclic amines) is 2. The lowest BCUT2D eigenvalue weighted by molar-refractivity contribution is -0.130. The van der Waals surface area contributed by atoms with Crippen molar-refractivity contribution < 1.29 is 9.59 Å². The topological polar surface area (TPSA) is 74.6 Å². The molecule has 0 bridgehead atoms. The Labute approximate surface area is 160 Å². The highest BCUT2D eigenvalue weighted by Crippen LogP contribution is 2.26. The van der Waals surface area contributed by atoms with Crippen LogP contribution in [0.2, 0.25) is 0 Å². The van der Waals surface area contributed by atoms with E-state index in [-0.39, 0.29) is 11.9 Å². The van der Waals surface area contributed by atoms with E-state index in [0.29, 0.717) is 25.3 Å². The van der Waals surface area contributed by atoms with Crippen molar-refractivity contribution in [2.45, 2.75) is 71.0 Å². The van der Waals surface area contributed by atoms with Crippen molar-refractivity contribution in [3.63, 3.8) is 0 Å². The molecule has 3 fully saturated rings. The predicted molar refractivity (Wildman–Crippen MR) is 101 cm³/mol. The number of carbonyl (C=O) groups excluding carboxylic acids is 2. The van der Waals surface area contributed by atoms with Crippen LogP contribution in [0.1, 0.15) is 57.7 Å². The summed E-state index contributed by atoms with van der Waals surface area (Å²) in [4.78, 5) is 30.4. The van der Waals surface area contributed by atoms with Gasteiger partial charge in [0.1, 0.15) is 0 Å². The van der Waals surface area contributed by atoms with Crippen LogP contribution in [0.3, 0.4) is 0 Å². The van der Waals surface area contributed by atoms with Crippen LogP contribution in [0.4, 0.5) is 5.95 Å². The second-order valence-corrected chi connectivity index (χ2v) is 7.92. The Morgan fingerprint density at radius 1 is 1.00 bits per heavy atom. The van der Waals surface area contributed by atoms with Crippen LogP contribution in [-0.4, -0.2) is 68.6 Å². The third-order valence-corrected chi connectivity index (χ3v) is 5.99. The summed E-state index contributed by atoms with van der Waals surface area (Å²) in [5.74, 6) is 2.29. The first-order valence-corrected chi connectivity index (χ1v) is 10.4. The lowest BCUT2D eigenvalue weighted by atomic mass is 10.0. The molecule has 1 unspecified atom stereocenters. The van der Waals surface area contributed by atoms with Gasteiger partial charge in [-0.1, -0.05) is 6.92 Å². The molecule has 0 radical (unpaired) electrons. The summed E-state index contributed by atoms with van der Waals surface area (Å²) in [6.45, 7) is 7.03. The van der Waals surface area contributed by atoms with Crippen LogP contribution < -0.4 is 4.90 Å². The minimum absolute atomic E-state index is 0.216. The van der Waals surface area contributed by atoms with Gasteiger partial charge in [0.2, 0.25) is 17.8 Å². The molecular weight excluding hydrogens is 344 g/mol. The van der Waals surface area contributed by atoms with E-state index in [4.69, 9.17) is 0 Å².